The van der Waals surface area contributed by atoms with Crippen molar-refractivity contribution in [1.29, 1.82) is 0 Å². The number of hydrogen-bond acceptors (Lipinski definition) is 5. The van der Waals surface area contributed by atoms with Crippen molar-refractivity contribution in [1.82, 2.24) is 19.8 Å². The molecule has 1 aromatic carbocycles. The molecule has 1 unspecified atom stereocenters. The lowest BCUT2D eigenvalue weighted by atomic mass is 10.0. The Kier molecular flexibility index (Phi) is 3.78. The molecule has 1 atom stereocenters. The topological polar surface area (TPSA) is 55.1 Å². The number of nitrogens with zero attached hydrogens (tertiary/aromatic N) is 4. The second-order valence-corrected chi connectivity index (χ2v) is 6.66. The molecule has 0 saturated heterocycles. The van der Waals surface area contributed by atoms with Crippen LogP contribution in [0, 0.1) is 5.82 Å². The number of benzene rings is 1. The van der Waals surface area contributed by atoms with Crippen molar-refractivity contribution in [2.24, 2.45) is 0 Å². The number of rotatable bonds is 2. The van der Waals surface area contributed by atoms with Gasteiger partial charge in [-0.05, 0) is 42.3 Å². The summed E-state index contributed by atoms with van der Waals surface area (Å²) in [6, 6.07) is 7.25. The zero-order valence-corrected chi connectivity index (χ0v) is 13.4. The molecule has 0 saturated carbocycles. The first-order valence-corrected chi connectivity index (χ1v) is 8.39. The van der Waals surface area contributed by atoms with Gasteiger partial charge >= 0.3 is 6.18 Å². The molecule has 1 aliphatic rings. The van der Waals surface area contributed by atoms with E-state index in [0.29, 0.717) is 10.9 Å². The molecule has 2 aromatic heterocycles. The fraction of sp³-hybridized carbons (Fsp3) is 0.267. The number of halogens is 4. The van der Waals surface area contributed by atoms with Crippen LogP contribution in [-0.4, -0.2) is 25.6 Å². The van der Waals surface area contributed by atoms with Gasteiger partial charge in [0.15, 0.2) is 5.65 Å². The van der Waals surface area contributed by atoms with Gasteiger partial charge in [0.1, 0.15) is 11.6 Å². The van der Waals surface area contributed by atoms with Crippen molar-refractivity contribution >= 4 is 23.2 Å². The molecule has 0 aliphatic carbocycles. The second kappa shape index (κ2) is 5.87. The lowest BCUT2D eigenvalue weighted by Gasteiger charge is -2.26. The Labute approximate surface area is 143 Å². The third kappa shape index (κ3) is 3.01. The third-order valence-corrected chi connectivity index (χ3v) is 4.97. The molecule has 0 amide bonds. The van der Waals surface area contributed by atoms with Crippen molar-refractivity contribution in [3.8, 4) is 0 Å². The van der Waals surface area contributed by atoms with Gasteiger partial charge in [0.25, 0.3) is 5.82 Å². The van der Waals surface area contributed by atoms with Crippen LogP contribution in [0.15, 0.2) is 35.2 Å². The van der Waals surface area contributed by atoms with Crippen LogP contribution in [0.4, 0.5) is 23.4 Å². The van der Waals surface area contributed by atoms with E-state index in [-0.39, 0.29) is 23.3 Å². The van der Waals surface area contributed by atoms with Crippen LogP contribution < -0.4 is 5.32 Å². The van der Waals surface area contributed by atoms with E-state index in [0.717, 1.165) is 16.2 Å². The molecule has 25 heavy (non-hydrogen) atoms. The number of nitrogens with one attached hydrogen (secondary N) is 1. The SMILES string of the molecule is Fc1ccc2c(c1)C(Nc1ccc3nnc(C(F)(F)F)n3n1)CCS2. The van der Waals surface area contributed by atoms with E-state index >= 15 is 0 Å². The quantitative estimate of drug-likeness (QED) is 0.694. The normalized spacial score (nSPS) is 17.5. The summed E-state index contributed by atoms with van der Waals surface area (Å²) >= 11 is 1.62. The summed E-state index contributed by atoms with van der Waals surface area (Å²) in [5.41, 5.74) is 0.779. The summed E-state index contributed by atoms with van der Waals surface area (Å²) in [5, 5.41) is 13.7. The maximum absolute atomic E-state index is 13.6. The van der Waals surface area contributed by atoms with Crippen LogP contribution in [0.1, 0.15) is 23.9 Å². The van der Waals surface area contributed by atoms with Crippen molar-refractivity contribution in [2.45, 2.75) is 23.5 Å². The van der Waals surface area contributed by atoms with Gasteiger partial charge in [0.05, 0.1) is 6.04 Å². The molecule has 3 heterocycles. The number of alkyl halides is 3. The molecule has 0 radical (unpaired) electrons. The highest BCUT2D eigenvalue weighted by molar-refractivity contribution is 7.99. The molecule has 3 aromatic rings. The molecule has 1 aliphatic heterocycles. The van der Waals surface area contributed by atoms with E-state index in [9.17, 15) is 17.6 Å². The molecule has 0 fully saturated rings. The molecular weight excluding hydrogens is 358 g/mol. The van der Waals surface area contributed by atoms with Gasteiger partial charge in [-0.15, -0.1) is 27.1 Å². The summed E-state index contributed by atoms with van der Waals surface area (Å²) in [5.74, 6) is -0.477. The molecule has 10 heteroatoms. The molecule has 5 nitrogen and oxygen atoms in total. The first-order chi connectivity index (χ1) is 11.9. The van der Waals surface area contributed by atoms with Crippen molar-refractivity contribution in [3.05, 3.63) is 47.5 Å². The largest absolute Gasteiger partial charge is 0.453 e. The summed E-state index contributed by atoms with van der Waals surface area (Å²) in [6.45, 7) is 0. The Bertz CT molecular complexity index is 939. The first kappa shape index (κ1) is 16.1. The van der Waals surface area contributed by atoms with Gasteiger partial charge in [0.2, 0.25) is 0 Å². The Hall–Kier alpha value is -2.36. The van der Waals surface area contributed by atoms with Crippen LogP contribution in [0.2, 0.25) is 0 Å². The van der Waals surface area contributed by atoms with E-state index in [2.05, 4.69) is 20.6 Å². The monoisotopic (exact) mass is 369 g/mol. The second-order valence-electron chi connectivity index (χ2n) is 5.53. The summed E-state index contributed by atoms with van der Waals surface area (Å²) in [4.78, 5) is 0.950. The minimum absolute atomic E-state index is 0.00326. The maximum Gasteiger partial charge on any atom is 0.453 e. The average Bonchev–Trinajstić information content (AvgIpc) is 2.99. The minimum Gasteiger partial charge on any atom is -0.362 e. The number of thioether (sulfide) groups is 1. The molecule has 130 valence electrons. The van der Waals surface area contributed by atoms with E-state index in [4.69, 9.17) is 0 Å². The predicted octanol–water partition coefficient (Wildman–Crippen LogP) is 3.93. The summed E-state index contributed by atoms with van der Waals surface area (Å²) < 4.78 is 53.1. The zero-order valence-electron chi connectivity index (χ0n) is 12.6. The van der Waals surface area contributed by atoms with Gasteiger partial charge in [-0.25, -0.2) is 4.39 Å². The molecule has 0 spiro atoms. The zero-order chi connectivity index (χ0) is 17.6. The number of fused-ring (bicyclic) bond motifs is 2. The smallest absolute Gasteiger partial charge is 0.362 e. The van der Waals surface area contributed by atoms with Crippen LogP contribution in [0.5, 0.6) is 0 Å². The summed E-state index contributed by atoms with van der Waals surface area (Å²) in [7, 11) is 0. The predicted molar refractivity (Wildman–Crippen MR) is 83.9 cm³/mol. The Morgan fingerprint density at radius 3 is 2.80 bits per heavy atom. The van der Waals surface area contributed by atoms with Crippen LogP contribution in [-0.2, 0) is 6.18 Å². The van der Waals surface area contributed by atoms with Crippen LogP contribution in [0.3, 0.4) is 0 Å². The fourth-order valence-corrected chi connectivity index (χ4v) is 3.84. The Morgan fingerprint density at radius 1 is 1.16 bits per heavy atom. The van der Waals surface area contributed by atoms with E-state index in [1.54, 1.807) is 17.8 Å². The van der Waals surface area contributed by atoms with E-state index in [1.165, 1.54) is 24.3 Å². The van der Waals surface area contributed by atoms with Gasteiger partial charge < -0.3 is 5.32 Å². The minimum atomic E-state index is -4.65. The molecular formula is C15H11F4N5S. The number of anilines is 1. The lowest BCUT2D eigenvalue weighted by Crippen LogP contribution is -2.18. The summed E-state index contributed by atoms with van der Waals surface area (Å²) in [6.07, 6.45) is -3.95. The Morgan fingerprint density at radius 2 is 2.00 bits per heavy atom. The Balaban J connectivity index is 1.69. The average molecular weight is 369 g/mol. The van der Waals surface area contributed by atoms with Crippen molar-refractivity contribution < 1.29 is 17.6 Å². The number of hydrogen-bond donors (Lipinski definition) is 1. The fourth-order valence-electron chi connectivity index (χ4n) is 2.74. The van der Waals surface area contributed by atoms with Crippen molar-refractivity contribution in [3.63, 3.8) is 0 Å². The van der Waals surface area contributed by atoms with Crippen molar-refractivity contribution in [2.75, 3.05) is 11.1 Å². The highest BCUT2D eigenvalue weighted by Crippen LogP contribution is 2.38. The third-order valence-electron chi connectivity index (χ3n) is 3.85. The standard InChI is InChI=1S/C15H11F4N5S/c16-8-1-2-11-9(7-8)10(5-6-25-11)20-12-3-4-13-21-22-14(15(17,18)19)24(13)23-12/h1-4,7,10H,5-6H2,(H,20,23). The van der Waals surface area contributed by atoms with Gasteiger partial charge in [-0.2, -0.15) is 17.7 Å². The van der Waals surface area contributed by atoms with E-state index in [1.807, 2.05) is 0 Å². The van der Waals surface area contributed by atoms with Gasteiger partial charge in [-0.1, -0.05) is 0 Å². The number of aromatic nitrogens is 4. The van der Waals surface area contributed by atoms with Crippen LogP contribution >= 0.6 is 11.8 Å². The highest BCUT2D eigenvalue weighted by atomic mass is 32.2. The highest BCUT2D eigenvalue weighted by Gasteiger charge is 2.37. The molecule has 0 bridgehead atoms. The molecule has 1 N–H and O–H groups in total. The van der Waals surface area contributed by atoms with Gasteiger partial charge in [0, 0.05) is 10.6 Å². The lowest BCUT2D eigenvalue weighted by molar-refractivity contribution is -0.146. The maximum atomic E-state index is 13.6. The van der Waals surface area contributed by atoms with Gasteiger partial charge in [-0.3, -0.25) is 0 Å². The van der Waals surface area contributed by atoms with E-state index < -0.39 is 12.0 Å². The first-order valence-electron chi connectivity index (χ1n) is 7.40. The molecule has 4 rings (SSSR count). The van der Waals surface area contributed by atoms with Crippen LogP contribution in [0.25, 0.3) is 5.65 Å².